The second kappa shape index (κ2) is 8.98. The number of benzene rings is 1. The molecule has 0 aromatic heterocycles. The Hall–Kier alpha value is -2.35. The normalized spacial score (nSPS) is 16.4. The average Bonchev–Trinajstić information content (AvgIpc) is 2.56. The highest BCUT2D eigenvalue weighted by Gasteiger charge is 2.36. The van der Waals surface area contributed by atoms with E-state index in [0.29, 0.717) is 25.9 Å². The minimum absolute atomic E-state index is 0.0577. The molecule has 2 rings (SSSR count). The smallest absolute Gasteiger partial charge is 0.309 e. The zero-order valence-corrected chi connectivity index (χ0v) is 17.5. The van der Waals surface area contributed by atoms with Gasteiger partial charge in [-0.15, -0.1) is 0 Å². The van der Waals surface area contributed by atoms with Gasteiger partial charge in [-0.25, -0.2) is 4.39 Å². The Morgan fingerprint density at radius 3 is 2.45 bits per heavy atom. The van der Waals surface area contributed by atoms with E-state index in [0.717, 1.165) is 11.3 Å². The van der Waals surface area contributed by atoms with Gasteiger partial charge in [0.1, 0.15) is 11.4 Å². The standard InChI is InChI=1S/C21H31FN2O5/c1-14-11-16(23-8-5-18(25)26)15(22)12-17(14)24-9-6-21(28,7-10-24)13-19(27)29-20(2,3)4/h11-12,23,28H,5-10,13H2,1-4H3,(H,25,26). The highest BCUT2D eigenvalue weighted by molar-refractivity contribution is 5.71. The van der Waals surface area contributed by atoms with E-state index in [9.17, 15) is 19.1 Å². The van der Waals surface area contributed by atoms with Crippen molar-refractivity contribution in [3.63, 3.8) is 0 Å². The van der Waals surface area contributed by atoms with Gasteiger partial charge in [-0.05, 0) is 58.2 Å². The highest BCUT2D eigenvalue weighted by atomic mass is 19.1. The van der Waals surface area contributed by atoms with E-state index in [4.69, 9.17) is 9.84 Å². The van der Waals surface area contributed by atoms with Crippen molar-refractivity contribution in [2.75, 3.05) is 29.9 Å². The maximum absolute atomic E-state index is 14.4. The number of aliphatic hydroxyl groups is 1. The number of nitrogens with zero attached hydrogens (tertiary/aromatic N) is 1. The van der Waals surface area contributed by atoms with Crippen LogP contribution in [0.1, 0.15) is 52.0 Å². The van der Waals surface area contributed by atoms with Gasteiger partial charge < -0.3 is 25.2 Å². The third-order valence-corrected chi connectivity index (χ3v) is 4.87. The molecule has 3 N–H and O–H groups in total. The van der Waals surface area contributed by atoms with Crippen LogP contribution >= 0.6 is 0 Å². The number of nitrogens with one attached hydrogen (secondary N) is 1. The molecule has 7 nitrogen and oxygen atoms in total. The zero-order valence-electron chi connectivity index (χ0n) is 17.5. The Labute approximate surface area is 170 Å². The minimum Gasteiger partial charge on any atom is -0.481 e. The van der Waals surface area contributed by atoms with Crippen molar-refractivity contribution in [2.45, 2.75) is 64.6 Å². The maximum atomic E-state index is 14.4. The van der Waals surface area contributed by atoms with Gasteiger partial charge in [-0.3, -0.25) is 9.59 Å². The number of carboxylic acid groups (broad SMARTS) is 1. The quantitative estimate of drug-likeness (QED) is 0.594. The van der Waals surface area contributed by atoms with Crippen LogP contribution in [0, 0.1) is 12.7 Å². The summed E-state index contributed by atoms with van der Waals surface area (Å²) in [6.45, 7) is 8.35. The predicted molar refractivity (Wildman–Crippen MR) is 109 cm³/mol. The number of hydrogen-bond donors (Lipinski definition) is 3. The third-order valence-electron chi connectivity index (χ3n) is 4.87. The van der Waals surface area contributed by atoms with Crippen LogP contribution in [0.2, 0.25) is 0 Å². The van der Waals surface area contributed by atoms with Crippen molar-refractivity contribution in [2.24, 2.45) is 0 Å². The summed E-state index contributed by atoms with van der Waals surface area (Å²) in [4.78, 5) is 24.6. The molecular weight excluding hydrogens is 379 g/mol. The summed E-state index contributed by atoms with van der Waals surface area (Å²) in [6, 6.07) is 3.09. The number of hydrogen-bond acceptors (Lipinski definition) is 6. The van der Waals surface area contributed by atoms with Gasteiger partial charge >= 0.3 is 11.9 Å². The minimum atomic E-state index is -1.12. The van der Waals surface area contributed by atoms with E-state index >= 15 is 0 Å². The van der Waals surface area contributed by atoms with E-state index in [1.165, 1.54) is 6.07 Å². The van der Waals surface area contributed by atoms with E-state index in [1.54, 1.807) is 26.8 Å². The summed E-state index contributed by atoms with van der Waals surface area (Å²) in [7, 11) is 0. The Balaban J connectivity index is 1.99. The number of rotatable bonds is 7. The molecule has 1 heterocycles. The molecule has 0 spiro atoms. The molecule has 0 unspecified atom stereocenters. The lowest BCUT2D eigenvalue weighted by molar-refractivity contribution is -0.161. The third kappa shape index (κ3) is 6.88. The number of aliphatic carboxylic acids is 1. The van der Waals surface area contributed by atoms with Crippen molar-refractivity contribution in [1.29, 1.82) is 0 Å². The van der Waals surface area contributed by atoms with Crippen molar-refractivity contribution in [3.05, 3.63) is 23.5 Å². The molecule has 0 saturated carbocycles. The molecule has 1 aliphatic heterocycles. The summed E-state index contributed by atoms with van der Waals surface area (Å²) in [5.74, 6) is -1.82. The van der Waals surface area contributed by atoms with Crippen molar-refractivity contribution in [3.8, 4) is 0 Å². The highest BCUT2D eigenvalue weighted by Crippen LogP contribution is 2.33. The first-order valence-corrected chi connectivity index (χ1v) is 9.83. The molecular formula is C21H31FN2O5. The van der Waals surface area contributed by atoms with Crippen molar-refractivity contribution >= 4 is 23.3 Å². The number of carboxylic acids is 1. The number of anilines is 2. The number of ether oxygens (including phenoxy) is 1. The summed E-state index contributed by atoms with van der Waals surface area (Å²) in [5.41, 5.74) is 0.130. The SMILES string of the molecule is Cc1cc(NCCC(=O)O)c(F)cc1N1CCC(O)(CC(=O)OC(C)(C)C)CC1. The number of carbonyl (C=O) groups excluding carboxylic acids is 1. The van der Waals surface area contributed by atoms with Gasteiger partial charge in [0.15, 0.2) is 0 Å². The first-order valence-electron chi connectivity index (χ1n) is 9.83. The summed E-state index contributed by atoms with van der Waals surface area (Å²) < 4.78 is 19.8. The second-order valence-corrected chi connectivity index (χ2v) is 8.66. The second-order valence-electron chi connectivity index (χ2n) is 8.66. The van der Waals surface area contributed by atoms with Gasteiger partial charge in [-0.2, -0.15) is 0 Å². The molecule has 1 aromatic rings. The number of esters is 1. The summed E-state index contributed by atoms with van der Waals surface area (Å²) in [6.07, 6.45) is 0.609. The fourth-order valence-corrected chi connectivity index (χ4v) is 3.44. The van der Waals surface area contributed by atoms with Gasteiger partial charge in [-0.1, -0.05) is 0 Å². The van der Waals surface area contributed by atoms with Crippen LogP contribution in [0.4, 0.5) is 15.8 Å². The van der Waals surface area contributed by atoms with Crippen LogP contribution in [0.15, 0.2) is 12.1 Å². The number of carbonyl (C=O) groups is 2. The first kappa shape index (κ1) is 22.9. The molecule has 1 fully saturated rings. The fraction of sp³-hybridized carbons (Fsp3) is 0.619. The molecule has 0 aliphatic carbocycles. The van der Waals surface area contributed by atoms with E-state index in [2.05, 4.69) is 5.32 Å². The maximum Gasteiger partial charge on any atom is 0.309 e. The van der Waals surface area contributed by atoms with Crippen LogP contribution in [0.3, 0.4) is 0 Å². The van der Waals surface area contributed by atoms with Crippen LogP contribution in [0.25, 0.3) is 0 Å². The monoisotopic (exact) mass is 410 g/mol. The van der Waals surface area contributed by atoms with E-state index < -0.39 is 29.0 Å². The van der Waals surface area contributed by atoms with Crippen molar-refractivity contribution in [1.82, 2.24) is 0 Å². The van der Waals surface area contributed by atoms with Gasteiger partial charge in [0, 0.05) is 25.3 Å². The van der Waals surface area contributed by atoms with Gasteiger partial charge in [0.2, 0.25) is 0 Å². The Morgan fingerprint density at radius 1 is 1.28 bits per heavy atom. The Kier molecular flexibility index (Phi) is 7.11. The first-order chi connectivity index (χ1) is 13.4. The fourth-order valence-electron chi connectivity index (χ4n) is 3.44. The number of aryl methyl sites for hydroxylation is 1. The lowest BCUT2D eigenvalue weighted by atomic mass is 9.87. The van der Waals surface area contributed by atoms with Gasteiger partial charge in [0.05, 0.1) is 24.1 Å². The van der Waals surface area contributed by atoms with Crippen LogP contribution in [-0.2, 0) is 14.3 Å². The zero-order chi connectivity index (χ0) is 21.8. The number of halogens is 1. The van der Waals surface area contributed by atoms with Crippen LogP contribution < -0.4 is 10.2 Å². The molecule has 0 bridgehead atoms. The van der Waals surface area contributed by atoms with Crippen LogP contribution in [0.5, 0.6) is 0 Å². The molecule has 29 heavy (non-hydrogen) atoms. The molecule has 162 valence electrons. The molecule has 0 radical (unpaired) electrons. The Morgan fingerprint density at radius 2 is 1.90 bits per heavy atom. The molecule has 1 saturated heterocycles. The van der Waals surface area contributed by atoms with Crippen molar-refractivity contribution < 1.29 is 28.9 Å². The molecule has 0 amide bonds. The largest absolute Gasteiger partial charge is 0.481 e. The molecule has 1 aliphatic rings. The average molecular weight is 410 g/mol. The Bertz CT molecular complexity index is 752. The lowest BCUT2D eigenvalue weighted by Gasteiger charge is -2.39. The number of piperidine rings is 1. The van der Waals surface area contributed by atoms with Crippen LogP contribution in [-0.4, -0.2) is 53.0 Å². The topological polar surface area (TPSA) is 99.1 Å². The van der Waals surface area contributed by atoms with Gasteiger partial charge in [0.25, 0.3) is 0 Å². The summed E-state index contributed by atoms with van der Waals surface area (Å²) in [5, 5.41) is 22.2. The lowest BCUT2D eigenvalue weighted by Crippen LogP contribution is -2.46. The molecule has 1 aromatic carbocycles. The van der Waals surface area contributed by atoms with E-state index in [1.807, 2.05) is 11.8 Å². The molecule has 8 heteroatoms. The van der Waals surface area contributed by atoms with E-state index in [-0.39, 0.29) is 25.1 Å². The molecule has 0 atom stereocenters. The summed E-state index contributed by atoms with van der Waals surface area (Å²) >= 11 is 0. The predicted octanol–water partition coefficient (Wildman–Crippen LogP) is 3.08.